The first kappa shape index (κ1) is 20.3. The number of nitrogens with one attached hydrogen (secondary N) is 1. The van der Waals surface area contributed by atoms with E-state index >= 15 is 0 Å². The Morgan fingerprint density at radius 3 is 2.50 bits per heavy atom. The third kappa shape index (κ3) is 4.33. The lowest BCUT2D eigenvalue weighted by Gasteiger charge is -2.26. The van der Waals surface area contributed by atoms with E-state index in [1.54, 1.807) is 16.7 Å². The average Bonchev–Trinajstić information content (AvgIpc) is 3.04. The van der Waals surface area contributed by atoms with Crippen molar-refractivity contribution in [3.63, 3.8) is 0 Å². The topological polar surface area (TPSA) is 58.6 Å². The van der Waals surface area contributed by atoms with Gasteiger partial charge in [0.05, 0.1) is 18.0 Å². The predicted molar refractivity (Wildman–Crippen MR) is 115 cm³/mol. The van der Waals surface area contributed by atoms with Crippen molar-refractivity contribution >= 4 is 35.0 Å². The Labute approximate surface area is 170 Å². The second-order valence-electron chi connectivity index (χ2n) is 7.65. The lowest BCUT2D eigenvalue weighted by molar-refractivity contribution is -0.123. The van der Waals surface area contributed by atoms with Crippen LogP contribution in [0.1, 0.15) is 38.6 Å². The molecule has 3 rings (SSSR count). The number of nitrogens with zero attached hydrogens (tertiary/aromatic N) is 1. The molecule has 28 heavy (non-hydrogen) atoms. The van der Waals surface area contributed by atoms with Crippen molar-refractivity contribution in [1.29, 1.82) is 0 Å². The smallest absolute Gasteiger partial charge is 0.238 e. The Morgan fingerprint density at radius 1 is 1.18 bits per heavy atom. The van der Waals surface area contributed by atoms with Gasteiger partial charge in [0.15, 0.2) is 0 Å². The molecular formula is C22H26N2O3S. The summed E-state index contributed by atoms with van der Waals surface area (Å²) in [5, 5.41) is 2.81. The summed E-state index contributed by atoms with van der Waals surface area (Å²) in [7, 11) is 0. The normalized spacial score (nSPS) is 16.9. The Bertz CT molecular complexity index is 859. The Kier molecular flexibility index (Phi) is 5.98. The Balaban J connectivity index is 1.85. The van der Waals surface area contributed by atoms with E-state index in [0.29, 0.717) is 18.1 Å². The highest BCUT2D eigenvalue weighted by atomic mass is 32.2. The molecule has 2 aromatic rings. The first-order valence-corrected chi connectivity index (χ1v) is 10.4. The van der Waals surface area contributed by atoms with Crippen LogP contribution in [-0.4, -0.2) is 24.2 Å². The minimum atomic E-state index is -0.452. The minimum absolute atomic E-state index is 0.0297. The molecule has 1 aliphatic rings. The van der Waals surface area contributed by atoms with Gasteiger partial charge in [0.2, 0.25) is 11.8 Å². The number of ether oxygens (including phenoxy) is 1. The molecule has 1 atom stereocenters. The summed E-state index contributed by atoms with van der Waals surface area (Å²) in [5.41, 5.74) is 2.09. The molecule has 1 N–H and O–H groups in total. The summed E-state index contributed by atoms with van der Waals surface area (Å²) in [6.07, 6.45) is 0. The van der Waals surface area contributed by atoms with Crippen LogP contribution in [0.15, 0.2) is 48.5 Å². The monoisotopic (exact) mass is 398 g/mol. The van der Waals surface area contributed by atoms with Crippen molar-refractivity contribution in [3.8, 4) is 5.75 Å². The molecule has 0 saturated carbocycles. The van der Waals surface area contributed by atoms with Crippen LogP contribution in [-0.2, 0) is 9.59 Å². The molecule has 2 aromatic carbocycles. The molecule has 0 aliphatic carbocycles. The van der Waals surface area contributed by atoms with Gasteiger partial charge in [0.1, 0.15) is 11.1 Å². The first-order valence-electron chi connectivity index (χ1n) is 9.38. The molecule has 1 aliphatic heterocycles. The summed E-state index contributed by atoms with van der Waals surface area (Å²) in [6.45, 7) is 8.11. The molecule has 5 nitrogen and oxygen atoms in total. The van der Waals surface area contributed by atoms with Crippen LogP contribution < -0.4 is 15.0 Å². The number of thioether (sulfide) groups is 1. The van der Waals surface area contributed by atoms with Crippen molar-refractivity contribution < 1.29 is 14.3 Å². The van der Waals surface area contributed by atoms with Crippen molar-refractivity contribution in [2.45, 2.75) is 33.1 Å². The molecule has 0 bridgehead atoms. The van der Waals surface area contributed by atoms with Crippen LogP contribution in [0.5, 0.6) is 5.75 Å². The fraction of sp³-hybridized carbons (Fsp3) is 0.364. The summed E-state index contributed by atoms with van der Waals surface area (Å²) >= 11 is 1.59. The number of carbonyl (C=O) groups is 2. The lowest BCUT2D eigenvalue weighted by atomic mass is 9.95. The number of para-hydroxylation sites is 2. The fourth-order valence-corrected chi connectivity index (χ4v) is 4.08. The third-order valence-corrected chi connectivity index (χ3v) is 5.64. The Hall–Kier alpha value is -2.47. The Morgan fingerprint density at radius 2 is 1.86 bits per heavy atom. The number of amides is 2. The summed E-state index contributed by atoms with van der Waals surface area (Å²) in [4.78, 5) is 26.6. The predicted octanol–water partition coefficient (Wildman–Crippen LogP) is 4.85. The SMILES string of the molecule is CCOc1ccccc1N1C(=O)CS[C@H]1c1ccc(NC(=O)C(C)(C)C)cc1. The molecule has 1 saturated heterocycles. The quantitative estimate of drug-likeness (QED) is 0.782. The zero-order valence-electron chi connectivity index (χ0n) is 16.7. The molecule has 1 fully saturated rings. The maximum atomic E-state index is 12.6. The van der Waals surface area contributed by atoms with E-state index < -0.39 is 5.41 Å². The highest BCUT2D eigenvalue weighted by molar-refractivity contribution is 8.00. The summed E-state index contributed by atoms with van der Waals surface area (Å²) < 4.78 is 5.73. The fourth-order valence-electron chi connectivity index (χ4n) is 2.91. The van der Waals surface area contributed by atoms with Crippen LogP contribution >= 0.6 is 11.8 Å². The van der Waals surface area contributed by atoms with E-state index in [-0.39, 0.29) is 17.2 Å². The molecular weight excluding hydrogens is 372 g/mol. The van der Waals surface area contributed by atoms with Crippen LogP contribution in [0.4, 0.5) is 11.4 Å². The molecule has 0 aromatic heterocycles. The average molecular weight is 399 g/mol. The van der Waals surface area contributed by atoms with Crippen LogP contribution in [0.3, 0.4) is 0 Å². The van der Waals surface area contributed by atoms with Gasteiger partial charge in [-0.3, -0.25) is 14.5 Å². The highest BCUT2D eigenvalue weighted by Gasteiger charge is 2.35. The third-order valence-electron chi connectivity index (χ3n) is 4.43. The van der Waals surface area contributed by atoms with E-state index in [0.717, 1.165) is 16.9 Å². The van der Waals surface area contributed by atoms with Gasteiger partial charge in [-0.1, -0.05) is 45.0 Å². The van der Waals surface area contributed by atoms with Gasteiger partial charge in [-0.15, -0.1) is 11.8 Å². The summed E-state index contributed by atoms with van der Waals surface area (Å²) in [5.74, 6) is 1.17. The number of benzene rings is 2. The van der Waals surface area contributed by atoms with Gasteiger partial charge in [-0.2, -0.15) is 0 Å². The maximum absolute atomic E-state index is 12.6. The zero-order valence-corrected chi connectivity index (χ0v) is 17.5. The van der Waals surface area contributed by atoms with Gasteiger partial charge >= 0.3 is 0 Å². The van der Waals surface area contributed by atoms with Crippen LogP contribution in [0.2, 0.25) is 0 Å². The van der Waals surface area contributed by atoms with E-state index in [2.05, 4.69) is 5.32 Å². The second kappa shape index (κ2) is 8.27. The number of rotatable bonds is 5. The van der Waals surface area contributed by atoms with Gasteiger partial charge in [0, 0.05) is 11.1 Å². The molecule has 0 radical (unpaired) electrons. The van der Waals surface area contributed by atoms with E-state index in [1.165, 1.54) is 0 Å². The van der Waals surface area contributed by atoms with Crippen LogP contribution in [0.25, 0.3) is 0 Å². The number of anilines is 2. The van der Waals surface area contributed by atoms with E-state index in [4.69, 9.17) is 4.74 Å². The van der Waals surface area contributed by atoms with Crippen LogP contribution in [0, 0.1) is 5.41 Å². The second-order valence-corrected chi connectivity index (χ2v) is 8.72. The number of hydrogen-bond acceptors (Lipinski definition) is 4. The van der Waals surface area contributed by atoms with Crippen molar-refractivity contribution in [1.82, 2.24) is 0 Å². The van der Waals surface area contributed by atoms with Gasteiger partial charge in [0.25, 0.3) is 0 Å². The zero-order chi connectivity index (χ0) is 20.3. The van der Waals surface area contributed by atoms with Gasteiger partial charge in [-0.25, -0.2) is 0 Å². The maximum Gasteiger partial charge on any atom is 0.238 e. The summed E-state index contributed by atoms with van der Waals surface area (Å²) in [6, 6.07) is 15.3. The molecule has 0 unspecified atom stereocenters. The van der Waals surface area contributed by atoms with Gasteiger partial charge < -0.3 is 10.1 Å². The first-order chi connectivity index (χ1) is 13.3. The minimum Gasteiger partial charge on any atom is -0.492 e. The molecule has 148 valence electrons. The highest BCUT2D eigenvalue weighted by Crippen LogP contribution is 2.44. The molecule has 6 heteroatoms. The molecule has 2 amide bonds. The van der Waals surface area contributed by atoms with E-state index in [1.807, 2.05) is 76.2 Å². The standard InChI is InChI=1S/C22H26N2O3S/c1-5-27-18-9-7-6-8-17(18)24-19(25)14-28-20(24)15-10-12-16(13-11-15)23-21(26)22(2,3)4/h6-13,20H,5,14H2,1-4H3,(H,23,26)/t20-/m0/s1. The molecule has 1 heterocycles. The van der Waals surface area contributed by atoms with Crippen molar-refractivity contribution in [2.24, 2.45) is 5.41 Å². The van der Waals surface area contributed by atoms with Gasteiger partial charge in [-0.05, 0) is 36.8 Å². The lowest BCUT2D eigenvalue weighted by Crippen LogP contribution is -2.28. The molecule has 0 spiro atoms. The van der Waals surface area contributed by atoms with Crippen molar-refractivity contribution in [3.05, 3.63) is 54.1 Å². The number of hydrogen-bond donors (Lipinski definition) is 1. The largest absolute Gasteiger partial charge is 0.492 e. The number of carbonyl (C=O) groups excluding carboxylic acids is 2. The van der Waals surface area contributed by atoms with Crippen molar-refractivity contribution in [2.75, 3.05) is 22.6 Å². The van der Waals surface area contributed by atoms with E-state index in [9.17, 15) is 9.59 Å².